The zero-order valence-corrected chi connectivity index (χ0v) is 20.1. The van der Waals surface area contributed by atoms with Gasteiger partial charge in [0.1, 0.15) is 5.75 Å². The van der Waals surface area contributed by atoms with E-state index < -0.39 is 0 Å². The van der Waals surface area contributed by atoms with Gasteiger partial charge in [0, 0.05) is 12.0 Å². The van der Waals surface area contributed by atoms with Gasteiger partial charge in [-0.15, -0.1) is 0 Å². The van der Waals surface area contributed by atoms with Crippen molar-refractivity contribution in [3.05, 3.63) is 63.1 Å². The summed E-state index contributed by atoms with van der Waals surface area (Å²) in [6, 6.07) is 11.0. The molecular weight excluding hydrogens is 404 g/mol. The van der Waals surface area contributed by atoms with Crippen LogP contribution in [-0.4, -0.2) is 22.2 Å². The number of rotatable bonds is 4. The van der Waals surface area contributed by atoms with E-state index in [0.29, 0.717) is 16.9 Å². The van der Waals surface area contributed by atoms with Crippen molar-refractivity contribution < 1.29 is 9.84 Å². The molecule has 1 aromatic heterocycles. The highest BCUT2D eigenvalue weighted by molar-refractivity contribution is 7.71. The van der Waals surface area contributed by atoms with Gasteiger partial charge in [-0.3, -0.25) is 0 Å². The highest BCUT2D eigenvalue weighted by atomic mass is 32.1. The van der Waals surface area contributed by atoms with Crippen LogP contribution in [0.3, 0.4) is 0 Å². The van der Waals surface area contributed by atoms with E-state index >= 15 is 0 Å². The molecule has 0 aliphatic heterocycles. The van der Waals surface area contributed by atoms with E-state index in [9.17, 15) is 5.11 Å². The summed E-state index contributed by atoms with van der Waals surface area (Å²) in [5, 5.41) is 10.1. The first-order chi connectivity index (χ1) is 14.5. The molecule has 0 atom stereocenters. The molecule has 0 bridgehead atoms. The number of nitrogens with one attached hydrogen (secondary N) is 2. The van der Waals surface area contributed by atoms with Crippen molar-refractivity contribution in [2.75, 3.05) is 7.11 Å². The lowest BCUT2D eigenvalue weighted by Gasteiger charge is -2.42. The van der Waals surface area contributed by atoms with Gasteiger partial charge in [-0.1, -0.05) is 39.8 Å². The fourth-order valence-corrected chi connectivity index (χ4v) is 5.05. The average molecular weight is 437 g/mol. The number of fused-ring (bicyclic) bond motifs is 1. The lowest BCUT2D eigenvalue weighted by molar-refractivity contribution is 0.332. The molecule has 0 radical (unpaired) electrons. The molecule has 4 nitrogen and oxygen atoms in total. The average Bonchev–Trinajstić information content (AvgIpc) is 3.02. The molecule has 164 valence electrons. The summed E-state index contributed by atoms with van der Waals surface area (Å²) in [4.78, 5) is 5.78. The minimum Gasteiger partial charge on any atom is -0.496 e. The molecule has 0 saturated carbocycles. The normalized spacial score (nSPS) is 16.7. The highest BCUT2D eigenvalue weighted by Gasteiger charge is 2.37. The van der Waals surface area contributed by atoms with Crippen molar-refractivity contribution in [2.45, 2.75) is 64.7 Å². The Hall–Kier alpha value is -2.53. The number of hydrogen-bond donors (Lipinski definition) is 3. The van der Waals surface area contributed by atoms with Crippen LogP contribution in [0.5, 0.6) is 11.6 Å². The van der Waals surface area contributed by atoms with E-state index in [1.54, 1.807) is 7.11 Å². The quantitative estimate of drug-likeness (QED) is 0.399. The van der Waals surface area contributed by atoms with Gasteiger partial charge in [-0.05, 0) is 88.8 Å². The van der Waals surface area contributed by atoms with Gasteiger partial charge in [0.2, 0.25) is 5.88 Å². The van der Waals surface area contributed by atoms with Gasteiger partial charge in [-0.25, -0.2) is 0 Å². The molecule has 0 saturated heterocycles. The zero-order chi connectivity index (χ0) is 22.6. The Balaban J connectivity index is 1.85. The monoisotopic (exact) mass is 436 g/mol. The third kappa shape index (κ3) is 3.91. The Bertz CT molecular complexity index is 1200. The maximum Gasteiger partial charge on any atom is 0.210 e. The van der Waals surface area contributed by atoms with Crippen LogP contribution in [0.2, 0.25) is 0 Å². The summed E-state index contributed by atoms with van der Waals surface area (Å²) < 4.78 is 6.17. The van der Waals surface area contributed by atoms with Crippen molar-refractivity contribution in [1.29, 1.82) is 0 Å². The van der Waals surface area contributed by atoms with Gasteiger partial charge in [-0.2, -0.15) is 0 Å². The summed E-state index contributed by atoms with van der Waals surface area (Å²) in [5.74, 6) is 0.946. The second-order valence-electron chi connectivity index (χ2n) is 10.1. The third-order valence-corrected chi connectivity index (χ3v) is 7.12. The van der Waals surface area contributed by atoms with Gasteiger partial charge in [0.25, 0.3) is 0 Å². The number of aromatic nitrogens is 2. The van der Waals surface area contributed by atoms with Crippen LogP contribution in [-0.2, 0) is 17.3 Å². The van der Waals surface area contributed by atoms with Crippen LogP contribution in [0, 0.1) is 11.7 Å². The lowest BCUT2D eigenvalue weighted by Crippen LogP contribution is -2.34. The van der Waals surface area contributed by atoms with Gasteiger partial charge < -0.3 is 19.8 Å². The lowest BCUT2D eigenvalue weighted by atomic mass is 9.62. The molecule has 4 rings (SSSR count). The second-order valence-corrected chi connectivity index (χ2v) is 10.5. The van der Waals surface area contributed by atoms with Crippen LogP contribution in [0.15, 0.2) is 30.3 Å². The predicted octanol–water partition coefficient (Wildman–Crippen LogP) is 6.70. The minimum absolute atomic E-state index is 0.0938. The molecule has 0 unspecified atom stereocenters. The smallest absolute Gasteiger partial charge is 0.210 e. The number of methoxy groups -OCH3 is 1. The highest BCUT2D eigenvalue weighted by Crippen LogP contribution is 2.48. The van der Waals surface area contributed by atoms with Crippen LogP contribution < -0.4 is 4.74 Å². The van der Waals surface area contributed by atoms with Gasteiger partial charge >= 0.3 is 0 Å². The van der Waals surface area contributed by atoms with Crippen molar-refractivity contribution in [2.24, 2.45) is 0 Å². The summed E-state index contributed by atoms with van der Waals surface area (Å²) in [6.45, 7) is 11.6. The Morgan fingerprint density at radius 1 is 0.968 bits per heavy atom. The van der Waals surface area contributed by atoms with Gasteiger partial charge in [0.05, 0.1) is 12.8 Å². The van der Waals surface area contributed by atoms with E-state index in [1.807, 2.05) is 12.1 Å². The molecule has 0 fully saturated rings. The molecule has 0 spiro atoms. The number of hydrogen-bond acceptors (Lipinski definition) is 3. The SMILES string of the molecule is COc1ccc(Cc2[nH]c(=S)[nH]c2O)cc1-c1cc2c(cc1C)C(C)(C)CCC2(C)C. The zero-order valence-electron chi connectivity index (χ0n) is 19.3. The molecular formula is C26H32N2O2S. The number of aromatic hydroxyl groups is 1. The summed E-state index contributed by atoms with van der Waals surface area (Å²) in [6.07, 6.45) is 2.93. The minimum atomic E-state index is 0.0938. The standard InChI is InChI=1S/C26H32N2O2S/c1-15-11-19-20(26(4,5)10-9-25(19,2)3)14-17(15)18-12-16(7-8-22(18)30-6)13-21-23(29)28-24(31)27-21/h7-8,11-12,14,29H,9-10,13H2,1-6H3,(H2,27,28,31). The van der Waals surface area contributed by atoms with E-state index in [2.05, 4.69) is 62.8 Å². The number of ether oxygens (including phenoxy) is 1. The Morgan fingerprint density at radius 3 is 2.19 bits per heavy atom. The number of aromatic amines is 2. The van der Waals surface area contributed by atoms with Crippen LogP contribution in [0.4, 0.5) is 0 Å². The maximum atomic E-state index is 10.1. The summed E-state index contributed by atoms with van der Waals surface area (Å²) in [7, 11) is 1.72. The van der Waals surface area contributed by atoms with Crippen LogP contribution in [0.25, 0.3) is 11.1 Å². The fraction of sp³-hybridized carbons (Fsp3) is 0.423. The third-order valence-electron chi connectivity index (χ3n) is 6.91. The van der Waals surface area contributed by atoms with E-state index in [4.69, 9.17) is 17.0 Å². The molecule has 1 aliphatic rings. The molecule has 3 aromatic rings. The second kappa shape index (κ2) is 7.56. The Kier molecular flexibility index (Phi) is 5.29. The first kappa shape index (κ1) is 21.7. The Morgan fingerprint density at radius 2 is 1.61 bits per heavy atom. The molecule has 31 heavy (non-hydrogen) atoms. The molecule has 3 N–H and O–H groups in total. The van der Waals surface area contributed by atoms with E-state index in [-0.39, 0.29) is 16.7 Å². The number of H-pyrrole nitrogens is 2. The molecule has 0 amide bonds. The first-order valence-corrected chi connectivity index (χ1v) is 11.3. The molecule has 2 aromatic carbocycles. The van der Waals surface area contributed by atoms with E-state index in [1.165, 1.54) is 35.1 Å². The van der Waals surface area contributed by atoms with Crippen LogP contribution in [0.1, 0.15) is 68.5 Å². The number of aryl methyl sites for hydroxylation is 1. The number of imidazole rings is 1. The Labute approximate surface area is 189 Å². The van der Waals surface area contributed by atoms with Gasteiger partial charge in [0.15, 0.2) is 4.77 Å². The molecule has 5 heteroatoms. The van der Waals surface area contributed by atoms with Crippen LogP contribution >= 0.6 is 12.2 Å². The first-order valence-electron chi connectivity index (χ1n) is 10.8. The van der Waals surface area contributed by atoms with Crippen molar-refractivity contribution in [3.8, 4) is 22.8 Å². The van der Waals surface area contributed by atoms with Crippen molar-refractivity contribution in [1.82, 2.24) is 9.97 Å². The topological polar surface area (TPSA) is 61.0 Å². The summed E-state index contributed by atoms with van der Waals surface area (Å²) in [5.41, 5.74) is 8.52. The molecule has 1 heterocycles. The predicted molar refractivity (Wildman–Crippen MR) is 129 cm³/mol. The largest absolute Gasteiger partial charge is 0.496 e. The van der Waals surface area contributed by atoms with Crippen molar-refractivity contribution in [3.63, 3.8) is 0 Å². The number of benzene rings is 2. The molecule has 1 aliphatic carbocycles. The summed E-state index contributed by atoms with van der Waals surface area (Å²) >= 11 is 5.10. The van der Waals surface area contributed by atoms with Crippen molar-refractivity contribution >= 4 is 12.2 Å². The van der Waals surface area contributed by atoms with E-state index in [0.717, 1.165) is 16.9 Å². The fourth-order valence-electron chi connectivity index (χ4n) is 4.83. The maximum absolute atomic E-state index is 10.1.